The average molecular weight is 556 g/mol. The number of hydrogen-bond acceptors (Lipinski definition) is 6. The van der Waals surface area contributed by atoms with Gasteiger partial charge in [-0.25, -0.2) is 0 Å². The minimum Gasteiger partial charge on any atom is -0.494 e. The Bertz CT molecular complexity index is 1120. The molecule has 1 aromatic carbocycles. The molecular weight excluding hydrogens is 510 g/mol. The van der Waals surface area contributed by atoms with Crippen LogP contribution in [0.3, 0.4) is 0 Å². The van der Waals surface area contributed by atoms with E-state index < -0.39 is 35.1 Å². The summed E-state index contributed by atoms with van der Waals surface area (Å²) in [6.07, 6.45) is 5.63. The third-order valence-corrected chi connectivity index (χ3v) is 9.98. The Kier molecular flexibility index (Phi) is 7.92. The number of aliphatic hydroxyl groups excluding tert-OH is 1. The number of likely N-dealkylation sites (tertiary alicyclic amines) is 1. The van der Waals surface area contributed by atoms with Gasteiger partial charge in [0.05, 0.1) is 36.7 Å². The van der Waals surface area contributed by atoms with Crippen LogP contribution in [0.4, 0.5) is 5.69 Å². The van der Waals surface area contributed by atoms with Crippen molar-refractivity contribution in [1.29, 1.82) is 0 Å². The third kappa shape index (κ3) is 4.59. The zero-order valence-corrected chi connectivity index (χ0v) is 24.4. The Morgan fingerprint density at radius 2 is 1.82 bits per heavy atom. The molecule has 1 aliphatic carbocycles. The van der Waals surface area contributed by atoms with Crippen molar-refractivity contribution in [2.24, 2.45) is 23.7 Å². The Balaban J connectivity index is 1.50. The third-order valence-electron chi connectivity index (χ3n) is 9.98. The Labute approximate surface area is 237 Å². The predicted molar refractivity (Wildman–Crippen MR) is 151 cm³/mol. The van der Waals surface area contributed by atoms with Crippen molar-refractivity contribution < 1.29 is 29.0 Å². The standard InChI is InChI=1S/C31H45N3O6/c1-6-39-22-14-12-21(13-15-22)32-27(36)24-25-29(38)34(23(17-35)18(2)3)26(28(37)33-20-10-8-7-9-11-20)31(25)16-19(4)30(24,5)40-31/h12-15,18-20,23-26,35H,6-11,16-17H2,1-5H3,(H,32,36)(H,33,37)/t19?,23-,24-,25-,26?,30+,31?/m0/s1. The Morgan fingerprint density at radius 1 is 1.15 bits per heavy atom. The predicted octanol–water partition coefficient (Wildman–Crippen LogP) is 3.50. The number of rotatable bonds is 9. The van der Waals surface area contributed by atoms with Gasteiger partial charge in [-0.2, -0.15) is 0 Å². The molecule has 9 heteroatoms. The minimum atomic E-state index is -1.13. The highest BCUT2D eigenvalue weighted by Crippen LogP contribution is 2.65. The molecule has 3 heterocycles. The first-order valence-electron chi connectivity index (χ1n) is 15.0. The molecule has 0 radical (unpaired) electrons. The quantitative estimate of drug-likeness (QED) is 0.430. The van der Waals surface area contributed by atoms with Crippen LogP contribution in [0.2, 0.25) is 0 Å². The van der Waals surface area contributed by atoms with Gasteiger partial charge in [-0.15, -0.1) is 0 Å². The molecule has 1 aromatic rings. The molecule has 1 saturated carbocycles. The summed E-state index contributed by atoms with van der Waals surface area (Å²) in [4.78, 5) is 44.0. The van der Waals surface area contributed by atoms with Gasteiger partial charge in [0.2, 0.25) is 17.7 Å². The lowest BCUT2D eigenvalue weighted by atomic mass is 9.62. The number of aliphatic hydroxyl groups is 1. The van der Waals surface area contributed by atoms with Crippen molar-refractivity contribution in [2.75, 3.05) is 18.5 Å². The van der Waals surface area contributed by atoms with Crippen LogP contribution >= 0.6 is 0 Å². The number of nitrogens with one attached hydrogen (secondary N) is 2. The summed E-state index contributed by atoms with van der Waals surface area (Å²) in [7, 11) is 0. The maximum Gasteiger partial charge on any atom is 0.246 e. The second kappa shape index (κ2) is 11.0. The number of carbonyl (C=O) groups is 3. The van der Waals surface area contributed by atoms with Crippen LogP contribution in [0.5, 0.6) is 5.75 Å². The molecule has 4 fully saturated rings. The summed E-state index contributed by atoms with van der Waals surface area (Å²) in [5, 5.41) is 16.7. The van der Waals surface area contributed by atoms with Crippen LogP contribution in [-0.2, 0) is 19.1 Å². The molecule has 9 nitrogen and oxygen atoms in total. The summed E-state index contributed by atoms with van der Waals surface area (Å²) in [5.41, 5.74) is -1.43. The van der Waals surface area contributed by atoms with Gasteiger partial charge in [0.25, 0.3) is 0 Å². The largest absolute Gasteiger partial charge is 0.494 e. The fourth-order valence-corrected chi connectivity index (χ4v) is 7.90. The highest BCUT2D eigenvalue weighted by atomic mass is 16.5. The number of ether oxygens (including phenoxy) is 2. The topological polar surface area (TPSA) is 117 Å². The van der Waals surface area contributed by atoms with Crippen molar-refractivity contribution in [1.82, 2.24) is 10.2 Å². The normalized spacial score (nSPS) is 34.2. The van der Waals surface area contributed by atoms with Crippen molar-refractivity contribution in [3.63, 3.8) is 0 Å². The molecule has 3 N–H and O–H groups in total. The van der Waals surface area contributed by atoms with E-state index in [0.29, 0.717) is 24.5 Å². The number of anilines is 1. The lowest BCUT2D eigenvalue weighted by molar-refractivity contribution is -0.151. The summed E-state index contributed by atoms with van der Waals surface area (Å²) in [5.74, 6) is -1.83. The molecule has 220 valence electrons. The van der Waals surface area contributed by atoms with Crippen LogP contribution in [0.1, 0.15) is 73.1 Å². The van der Waals surface area contributed by atoms with Crippen LogP contribution in [0.25, 0.3) is 0 Å². The monoisotopic (exact) mass is 555 g/mol. The molecule has 3 aliphatic heterocycles. The fourth-order valence-electron chi connectivity index (χ4n) is 7.90. The average Bonchev–Trinajstić information content (AvgIpc) is 3.43. The molecule has 1 spiro atoms. The first-order valence-corrected chi connectivity index (χ1v) is 15.0. The summed E-state index contributed by atoms with van der Waals surface area (Å²) in [6, 6.07) is 5.75. The van der Waals surface area contributed by atoms with Crippen LogP contribution < -0.4 is 15.4 Å². The van der Waals surface area contributed by atoms with Gasteiger partial charge < -0.3 is 30.1 Å². The van der Waals surface area contributed by atoms with E-state index in [9.17, 15) is 19.5 Å². The summed E-state index contributed by atoms with van der Waals surface area (Å²) >= 11 is 0. The molecule has 7 atom stereocenters. The van der Waals surface area contributed by atoms with Crippen LogP contribution in [0, 0.1) is 23.7 Å². The minimum absolute atomic E-state index is 0.0517. The van der Waals surface area contributed by atoms with E-state index in [0.717, 1.165) is 32.1 Å². The first-order chi connectivity index (χ1) is 19.1. The molecule has 0 aromatic heterocycles. The van der Waals surface area contributed by atoms with Gasteiger partial charge in [0.1, 0.15) is 17.4 Å². The Morgan fingerprint density at radius 3 is 2.42 bits per heavy atom. The molecule has 3 unspecified atom stereocenters. The van der Waals surface area contributed by atoms with Gasteiger partial charge in [-0.1, -0.05) is 40.0 Å². The molecule has 2 bridgehead atoms. The molecule has 5 rings (SSSR count). The van der Waals surface area contributed by atoms with Gasteiger partial charge >= 0.3 is 0 Å². The second-order valence-electron chi connectivity index (χ2n) is 12.7. The number of hydrogen-bond donors (Lipinski definition) is 3. The van der Waals surface area contributed by atoms with E-state index >= 15 is 0 Å². The molecule has 4 aliphatic rings. The van der Waals surface area contributed by atoms with E-state index in [1.807, 2.05) is 34.6 Å². The highest BCUT2D eigenvalue weighted by molar-refractivity contribution is 6.02. The van der Waals surface area contributed by atoms with Gasteiger partial charge in [-0.05, 0) is 69.2 Å². The van der Waals surface area contributed by atoms with Crippen molar-refractivity contribution in [3.05, 3.63) is 24.3 Å². The van der Waals surface area contributed by atoms with Crippen LogP contribution in [0.15, 0.2) is 24.3 Å². The number of nitrogens with zero attached hydrogens (tertiary/aromatic N) is 1. The molecular formula is C31H45N3O6. The zero-order chi connectivity index (χ0) is 28.8. The first kappa shape index (κ1) is 28.9. The molecule has 3 saturated heterocycles. The van der Waals surface area contributed by atoms with E-state index in [4.69, 9.17) is 9.47 Å². The van der Waals surface area contributed by atoms with E-state index in [1.54, 1.807) is 29.2 Å². The van der Waals surface area contributed by atoms with Crippen molar-refractivity contribution in [3.8, 4) is 5.75 Å². The van der Waals surface area contributed by atoms with Gasteiger partial charge in [0.15, 0.2) is 0 Å². The van der Waals surface area contributed by atoms with Crippen molar-refractivity contribution >= 4 is 23.4 Å². The van der Waals surface area contributed by atoms with Gasteiger partial charge in [0, 0.05) is 11.7 Å². The maximum absolute atomic E-state index is 14.4. The summed E-state index contributed by atoms with van der Waals surface area (Å²) < 4.78 is 12.3. The number of benzene rings is 1. The smallest absolute Gasteiger partial charge is 0.246 e. The molecule has 40 heavy (non-hydrogen) atoms. The van der Waals surface area contributed by atoms with Crippen LogP contribution in [-0.4, -0.2) is 70.3 Å². The van der Waals surface area contributed by atoms with Crippen molar-refractivity contribution in [2.45, 2.75) is 102 Å². The lowest BCUT2D eigenvalue weighted by Gasteiger charge is -2.39. The fraction of sp³-hybridized carbons (Fsp3) is 0.710. The van der Waals surface area contributed by atoms with E-state index in [-0.39, 0.29) is 42.2 Å². The second-order valence-corrected chi connectivity index (χ2v) is 12.7. The van der Waals surface area contributed by atoms with Gasteiger partial charge in [-0.3, -0.25) is 14.4 Å². The maximum atomic E-state index is 14.4. The highest BCUT2D eigenvalue weighted by Gasteiger charge is 2.80. The van der Waals surface area contributed by atoms with E-state index in [2.05, 4.69) is 10.6 Å². The SMILES string of the molecule is CCOc1ccc(NC(=O)[C@@H]2[C@H]3C(=O)N([C@@H](CO)C(C)C)C(C(=O)NC4CCCCC4)C34CC(C)[C@@]2(C)O4)cc1. The van der Waals surface area contributed by atoms with E-state index in [1.165, 1.54) is 0 Å². The number of amides is 3. The number of fused-ring (bicyclic) bond motifs is 1. The number of carbonyl (C=O) groups excluding carboxylic acids is 3. The lowest BCUT2D eigenvalue weighted by Crippen LogP contribution is -2.60. The Hall–Kier alpha value is -2.65. The zero-order valence-electron chi connectivity index (χ0n) is 24.4. The summed E-state index contributed by atoms with van der Waals surface area (Å²) in [6.45, 7) is 10.0. The molecule has 3 amide bonds.